The number of alkyl halides is 1. The zero-order valence-electron chi connectivity index (χ0n) is 13.1. The predicted molar refractivity (Wildman–Crippen MR) is 120 cm³/mol. The smallest absolute Gasteiger partial charge is 0.160 e. The highest BCUT2D eigenvalue weighted by Gasteiger charge is 2.23. The van der Waals surface area contributed by atoms with E-state index in [9.17, 15) is 4.39 Å². The topological polar surface area (TPSA) is 15.6 Å². The molecule has 0 saturated heterocycles. The van der Waals surface area contributed by atoms with E-state index in [1.54, 1.807) is 0 Å². The van der Waals surface area contributed by atoms with Crippen LogP contribution in [0.15, 0.2) is 59.6 Å². The van der Waals surface area contributed by atoms with Gasteiger partial charge in [0, 0.05) is 22.8 Å². The quantitative estimate of drug-likeness (QED) is 0.357. The summed E-state index contributed by atoms with van der Waals surface area (Å²) in [6.07, 6.45) is 0. The van der Waals surface area contributed by atoms with Crippen molar-refractivity contribution in [2.75, 3.05) is 11.0 Å². The van der Waals surface area contributed by atoms with Gasteiger partial charge in [-0.3, -0.25) is 4.99 Å². The summed E-state index contributed by atoms with van der Waals surface area (Å²) in [5, 5.41) is 1.66. The first-order chi connectivity index (χ1) is 11.2. The van der Waals surface area contributed by atoms with Gasteiger partial charge in [-0.1, -0.05) is 76.8 Å². The molecular formula is C18H19FI2N2S. The molecule has 0 bridgehead atoms. The number of nitrogens with zero attached hydrogens (tertiary/aromatic N) is 2. The van der Waals surface area contributed by atoms with Crippen molar-refractivity contribution in [3.8, 4) is 0 Å². The highest BCUT2D eigenvalue weighted by atomic mass is 127. The van der Waals surface area contributed by atoms with Crippen molar-refractivity contribution >= 4 is 63.5 Å². The molecule has 1 aliphatic heterocycles. The van der Waals surface area contributed by atoms with Crippen molar-refractivity contribution in [2.45, 2.75) is 18.3 Å². The third-order valence-electron chi connectivity index (χ3n) is 3.65. The summed E-state index contributed by atoms with van der Waals surface area (Å²) in [4.78, 5) is 7.02. The second-order valence-electron chi connectivity index (χ2n) is 5.49. The minimum absolute atomic E-state index is 0. The minimum atomic E-state index is -0.194. The predicted octanol–water partition coefficient (Wildman–Crippen LogP) is 5.35. The highest BCUT2D eigenvalue weighted by molar-refractivity contribution is 14.1. The van der Waals surface area contributed by atoms with Crippen LogP contribution in [0.3, 0.4) is 0 Å². The molecule has 128 valence electrons. The molecule has 0 aliphatic carbocycles. The van der Waals surface area contributed by atoms with Crippen LogP contribution in [0.2, 0.25) is 0 Å². The van der Waals surface area contributed by atoms with Crippen molar-refractivity contribution in [1.82, 2.24) is 4.90 Å². The van der Waals surface area contributed by atoms with E-state index in [0.717, 1.165) is 34.8 Å². The Morgan fingerprint density at radius 1 is 1.04 bits per heavy atom. The Balaban J connectivity index is 0.00000208. The lowest BCUT2D eigenvalue weighted by atomic mass is 10.2. The number of halogens is 3. The third kappa shape index (κ3) is 5.59. The van der Waals surface area contributed by atoms with Crippen molar-refractivity contribution in [3.05, 3.63) is 71.5 Å². The molecule has 0 radical (unpaired) electrons. The Morgan fingerprint density at radius 2 is 1.67 bits per heavy atom. The largest absolute Gasteiger partial charge is 0.343 e. The molecule has 0 aromatic heterocycles. The zero-order valence-corrected chi connectivity index (χ0v) is 18.4. The molecule has 1 aliphatic rings. The Bertz CT molecular complexity index is 664. The van der Waals surface area contributed by atoms with Crippen LogP contribution in [0.25, 0.3) is 0 Å². The van der Waals surface area contributed by atoms with Crippen LogP contribution in [-0.4, -0.2) is 26.3 Å². The average molecular weight is 568 g/mol. The second-order valence-corrected chi connectivity index (χ2v) is 7.63. The van der Waals surface area contributed by atoms with Crippen molar-refractivity contribution in [1.29, 1.82) is 0 Å². The lowest BCUT2D eigenvalue weighted by molar-refractivity contribution is 0.414. The van der Waals surface area contributed by atoms with Crippen LogP contribution in [0.5, 0.6) is 0 Å². The van der Waals surface area contributed by atoms with Crippen molar-refractivity contribution in [3.63, 3.8) is 0 Å². The monoisotopic (exact) mass is 568 g/mol. The molecular weight excluding hydrogens is 549 g/mol. The maximum Gasteiger partial charge on any atom is 0.160 e. The lowest BCUT2D eigenvalue weighted by Crippen LogP contribution is -2.27. The third-order valence-corrected chi connectivity index (χ3v) is 6.56. The first kappa shape index (κ1) is 20.0. The van der Waals surface area contributed by atoms with Gasteiger partial charge < -0.3 is 4.90 Å². The molecule has 1 heterocycles. The van der Waals surface area contributed by atoms with Crippen LogP contribution >= 0.6 is 58.3 Å². The molecule has 0 N–H and O–H groups in total. The summed E-state index contributed by atoms with van der Waals surface area (Å²) in [5.74, 6) is -0.194. The summed E-state index contributed by atoms with van der Waals surface area (Å²) in [6.45, 7) is 2.45. The molecule has 0 fully saturated rings. The lowest BCUT2D eigenvalue weighted by Gasteiger charge is -2.24. The van der Waals surface area contributed by atoms with E-state index < -0.39 is 0 Å². The van der Waals surface area contributed by atoms with E-state index >= 15 is 0 Å². The number of hydrogen-bond donors (Lipinski definition) is 0. The number of benzene rings is 2. The van der Waals surface area contributed by atoms with Crippen LogP contribution in [0, 0.1) is 5.82 Å². The molecule has 24 heavy (non-hydrogen) atoms. The van der Waals surface area contributed by atoms with Crippen LogP contribution in [0.1, 0.15) is 11.1 Å². The first-order valence-corrected chi connectivity index (χ1v) is 9.95. The molecule has 0 amide bonds. The van der Waals surface area contributed by atoms with Gasteiger partial charge in [-0.15, -0.1) is 24.0 Å². The number of aliphatic imine (C=N–C) groups is 1. The molecule has 0 saturated carbocycles. The second kappa shape index (κ2) is 9.96. The van der Waals surface area contributed by atoms with E-state index in [0.29, 0.717) is 5.25 Å². The molecule has 6 heteroatoms. The molecule has 2 aromatic rings. The highest BCUT2D eigenvalue weighted by Crippen LogP contribution is 2.27. The van der Waals surface area contributed by atoms with E-state index in [1.165, 1.54) is 17.7 Å². The average Bonchev–Trinajstić information content (AvgIpc) is 3.06. The summed E-state index contributed by atoms with van der Waals surface area (Å²) in [5.41, 5.74) is 2.36. The Kier molecular flexibility index (Phi) is 8.29. The van der Waals surface area contributed by atoms with Gasteiger partial charge in [-0.25, -0.2) is 4.39 Å². The van der Waals surface area contributed by atoms with Crippen molar-refractivity contribution in [2.24, 2.45) is 4.99 Å². The minimum Gasteiger partial charge on any atom is -0.343 e. The summed E-state index contributed by atoms with van der Waals surface area (Å²) in [7, 11) is 0. The van der Waals surface area contributed by atoms with E-state index in [1.807, 2.05) is 30.0 Å². The zero-order chi connectivity index (χ0) is 16.1. The molecule has 1 atom stereocenters. The van der Waals surface area contributed by atoms with Gasteiger partial charge in [0.2, 0.25) is 0 Å². The maximum absolute atomic E-state index is 13.1. The van der Waals surface area contributed by atoms with Gasteiger partial charge in [0.05, 0.1) is 6.54 Å². The SMILES string of the molecule is Fc1ccc(CN(Cc2ccccc2)C2=NCC(CI)S2)cc1.I. The number of amidine groups is 1. The van der Waals surface area contributed by atoms with Gasteiger partial charge in [0.1, 0.15) is 5.82 Å². The number of thioether (sulfide) groups is 1. The fourth-order valence-corrected chi connectivity index (χ4v) is 4.22. The summed E-state index contributed by atoms with van der Waals surface area (Å²) < 4.78 is 14.2. The number of rotatable bonds is 5. The van der Waals surface area contributed by atoms with E-state index in [-0.39, 0.29) is 29.8 Å². The normalized spacial score (nSPS) is 16.4. The van der Waals surface area contributed by atoms with Gasteiger partial charge in [-0.2, -0.15) is 0 Å². The standard InChI is InChI=1S/C18H18FIN2S.HI/c19-16-8-6-15(7-9-16)13-22(12-14-4-2-1-3-5-14)18-21-11-17(10-20)23-18;/h1-9,17H,10-13H2;1H. The summed E-state index contributed by atoms with van der Waals surface area (Å²) in [6, 6.07) is 17.2. The Hall–Kier alpha value is -0.350. The Morgan fingerprint density at radius 3 is 2.25 bits per heavy atom. The molecule has 3 rings (SSSR count). The van der Waals surface area contributed by atoms with Crippen LogP contribution in [0.4, 0.5) is 4.39 Å². The van der Waals surface area contributed by atoms with Crippen LogP contribution in [-0.2, 0) is 13.1 Å². The van der Waals surface area contributed by atoms with Gasteiger partial charge in [0.25, 0.3) is 0 Å². The van der Waals surface area contributed by atoms with Crippen molar-refractivity contribution < 1.29 is 4.39 Å². The van der Waals surface area contributed by atoms with Crippen LogP contribution < -0.4 is 0 Å². The van der Waals surface area contributed by atoms with Gasteiger partial charge in [0.15, 0.2) is 5.17 Å². The van der Waals surface area contributed by atoms with Gasteiger partial charge in [-0.05, 0) is 23.3 Å². The van der Waals surface area contributed by atoms with Gasteiger partial charge >= 0.3 is 0 Å². The fraction of sp³-hybridized carbons (Fsp3) is 0.278. The molecule has 1 unspecified atom stereocenters. The maximum atomic E-state index is 13.1. The molecule has 0 spiro atoms. The Labute approximate surface area is 177 Å². The fourth-order valence-electron chi connectivity index (χ4n) is 2.46. The molecule has 2 aromatic carbocycles. The molecule has 2 nitrogen and oxygen atoms in total. The van der Waals surface area contributed by atoms with E-state index in [2.05, 4.69) is 51.8 Å². The number of hydrogen-bond acceptors (Lipinski definition) is 3. The van der Waals surface area contributed by atoms with E-state index in [4.69, 9.17) is 4.99 Å². The summed E-state index contributed by atoms with van der Waals surface area (Å²) >= 11 is 4.27. The first-order valence-electron chi connectivity index (χ1n) is 7.55.